The Balaban J connectivity index is 4.41. The van der Waals surface area contributed by atoms with Gasteiger partial charge in [0.15, 0.2) is 6.10 Å². The molecule has 0 fully saturated rings. The monoisotopic (exact) mass is 910 g/mol. The third-order valence-electron chi connectivity index (χ3n) is 10.4. The molecule has 0 bridgehead atoms. The maximum atomic E-state index is 12.7. The first-order valence-electron chi connectivity index (χ1n) is 24.4. The summed E-state index contributed by atoms with van der Waals surface area (Å²) >= 11 is 0. The lowest BCUT2D eigenvalue weighted by Crippen LogP contribution is -2.34. The van der Waals surface area contributed by atoms with Crippen LogP contribution < -0.4 is 5.73 Å². The molecular weight excluding hydrogens is 822 g/mol. The van der Waals surface area contributed by atoms with E-state index in [0.29, 0.717) is 12.8 Å². The molecule has 0 aromatic rings. The highest BCUT2D eigenvalue weighted by atomic mass is 31.2. The Labute approximate surface area is 381 Å². The normalized spacial score (nSPS) is 14.6. The van der Waals surface area contributed by atoms with E-state index >= 15 is 0 Å². The molecule has 0 aromatic heterocycles. The quantitative estimate of drug-likeness (QED) is 0.0149. The zero-order valence-electron chi connectivity index (χ0n) is 39.3. The summed E-state index contributed by atoms with van der Waals surface area (Å²) in [4.78, 5) is 46.1. The minimum absolute atomic E-state index is 0.0699. The largest absolute Gasteiger partial charge is 0.480 e. The predicted molar refractivity (Wildman–Crippen MR) is 255 cm³/mol. The van der Waals surface area contributed by atoms with Crippen molar-refractivity contribution in [3.63, 3.8) is 0 Å². The number of aliphatic hydroxyl groups excluding tert-OH is 1. The highest BCUT2D eigenvalue weighted by molar-refractivity contribution is 7.47. The Morgan fingerprint density at radius 3 is 1.51 bits per heavy atom. The molecule has 0 amide bonds. The Morgan fingerprint density at radius 1 is 0.571 bits per heavy atom. The number of rotatable bonds is 45. The molecule has 0 aliphatic rings. The molecule has 0 aromatic carbocycles. The van der Waals surface area contributed by atoms with Crippen molar-refractivity contribution in [3.05, 3.63) is 60.8 Å². The van der Waals surface area contributed by atoms with Gasteiger partial charge in [0.25, 0.3) is 0 Å². The van der Waals surface area contributed by atoms with Crippen molar-refractivity contribution in [2.75, 3.05) is 19.8 Å². The van der Waals surface area contributed by atoms with E-state index in [1.807, 2.05) is 12.2 Å². The number of hydrogen-bond acceptors (Lipinski definition) is 10. The molecule has 5 N–H and O–H groups in total. The molecule has 0 saturated carbocycles. The SMILES string of the molecule is CC/C=C\C/C=C\C/C=C\C/C=C\C=C\C(O)CCCC(=O)O[C@H](COC(=O)CCCCCCCCCCCCCCCCCCCCCCC)COP(=O)(O)OC[C@H](N)C(=O)O. The molecule has 0 aliphatic carbocycles. The second kappa shape index (κ2) is 44.3. The number of carboxylic acid groups (broad SMARTS) is 1. The Kier molecular flexibility index (Phi) is 42.3. The van der Waals surface area contributed by atoms with E-state index in [-0.39, 0.29) is 19.3 Å². The summed E-state index contributed by atoms with van der Waals surface area (Å²) in [5, 5.41) is 19.2. The molecule has 364 valence electrons. The number of nitrogens with two attached hydrogens (primary N) is 1. The fourth-order valence-corrected chi connectivity index (χ4v) is 7.34. The van der Waals surface area contributed by atoms with E-state index in [9.17, 15) is 28.9 Å². The van der Waals surface area contributed by atoms with Crippen LogP contribution in [0.15, 0.2) is 60.8 Å². The van der Waals surface area contributed by atoms with Gasteiger partial charge in [0, 0.05) is 12.8 Å². The molecule has 0 aliphatic heterocycles. The first kappa shape index (κ1) is 60.1. The van der Waals surface area contributed by atoms with Gasteiger partial charge in [-0.1, -0.05) is 203 Å². The van der Waals surface area contributed by atoms with Gasteiger partial charge in [0.05, 0.1) is 19.3 Å². The van der Waals surface area contributed by atoms with E-state index in [1.54, 1.807) is 12.2 Å². The number of carbonyl (C=O) groups excluding carboxylic acids is 2. The van der Waals surface area contributed by atoms with Gasteiger partial charge < -0.3 is 30.3 Å². The number of carboxylic acids is 1. The minimum atomic E-state index is -4.78. The van der Waals surface area contributed by atoms with Gasteiger partial charge in [-0.2, -0.15) is 0 Å². The van der Waals surface area contributed by atoms with E-state index < -0.39 is 63.8 Å². The fourth-order valence-electron chi connectivity index (χ4n) is 6.57. The van der Waals surface area contributed by atoms with Crippen molar-refractivity contribution < 1.29 is 52.6 Å². The number of aliphatic carboxylic acids is 1. The van der Waals surface area contributed by atoms with Crippen molar-refractivity contribution in [2.45, 2.75) is 218 Å². The van der Waals surface area contributed by atoms with Gasteiger partial charge in [0.1, 0.15) is 12.6 Å². The fraction of sp³-hybridized carbons (Fsp3) is 0.740. The molecule has 0 heterocycles. The van der Waals surface area contributed by atoms with Gasteiger partial charge in [-0.15, -0.1) is 0 Å². The van der Waals surface area contributed by atoms with Crippen molar-refractivity contribution in [1.82, 2.24) is 0 Å². The lowest BCUT2D eigenvalue weighted by molar-refractivity contribution is -0.161. The summed E-state index contributed by atoms with van der Waals surface area (Å²) in [6.45, 7) is 2.51. The first-order chi connectivity index (χ1) is 30.5. The van der Waals surface area contributed by atoms with Gasteiger partial charge in [-0.05, 0) is 44.9 Å². The molecule has 12 nitrogen and oxygen atoms in total. The summed E-state index contributed by atoms with van der Waals surface area (Å²) in [6.07, 6.45) is 48.9. The van der Waals surface area contributed by atoms with Crippen LogP contribution in [0.5, 0.6) is 0 Å². The molecule has 4 atom stereocenters. The third kappa shape index (κ3) is 44.1. The number of allylic oxidation sites excluding steroid dienone is 9. The zero-order chi connectivity index (χ0) is 46.5. The molecule has 63 heavy (non-hydrogen) atoms. The lowest BCUT2D eigenvalue weighted by Gasteiger charge is -2.20. The second-order valence-electron chi connectivity index (χ2n) is 16.4. The molecule has 2 unspecified atom stereocenters. The van der Waals surface area contributed by atoms with E-state index in [2.05, 4.69) is 54.8 Å². The smallest absolute Gasteiger partial charge is 0.472 e. The van der Waals surface area contributed by atoms with Gasteiger partial charge >= 0.3 is 25.7 Å². The van der Waals surface area contributed by atoms with E-state index in [4.69, 9.17) is 24.8 Å². The van der Waals surface area contributed by atoms with Crippen molar-refractivity contribution in [1.29, 1.82) is 0 Å². The number of aliphatic hydroxyl groups is 1. The summed E-state index contributed by atoms with van der Waals surface area (Å²) in [5.41, 5.74) is 5.33. The van der Waals surface area contributed by atoms with Crippen LogP contribution in [0.3, 0.4) is 0 Å². The highest BCUT2D eigenvalue weighted by Crippen LogP contribution is 2.43. The van der Waals surface area contributed by atoms with E-state index in [1.165, 1.54) is 109 Å². The van der Waals surface area contributed by atoms with Crippen LogP contribution >= 0.6 is 7.82 Å². The van der Waals surface area contributed by atoms with Crippen LogP contribution in [0, 0.1) is 0 Å². The van der Waals surface area contributed by atoms with Crippen LogP contribution in [0.1, 0.15) is 200 Å². The van der Waals surface area contributed by atoms with Crippen molar-refractivity contribution in [3.8, 4) is 0 Å². The van der Waals surface area contributed by atoms with Crippen LogP contribution in [-0.4, -0.2) is 71.1 Å². The maximum absolute atomic E-state index is 12.7. The van der Waals surface area contributed by atoms with Crippen LogP contribution in [0.25, 0.3) is 0 Å². The number of phosphoric ester groups is 1. The lowest BCUT2D eigenvalue weighted by atomic mass is 10.0. The zero-order valence-corrected chi connectivity index (χ0v) is 40.2. The first-order valence-corrected chi connectivity index (χ1v) is 25.9. The summed E-state index contributed by atoms with van der Waals surface area (Å²) in [5.74, 6) is -2.60. The summed E-state index contributed by atoms with van der Waals surface area (Å²) in [7, 11) is -4.78. The number of carbonyl (C=O) groups is 3. The van der Waals surface area contributed by atoms with Crippen molar-refractivity contribution >= 4 is 25.7 Å². The van der Waals surface area contributed by atoms with Crippen molar-refractivity contribution in [2.24, 2.45) is 5.73 Å². The maximum Gasteiger partial charge on any atom is 0.472 e. The summed E-state index contributed by atoms with van der Waals surface area (Å²) < 4.78 is 32.6. The molecule has 13 heteroatoms. The molecule has 0 spiro atoms. The van der Waals surface area contributed by atoms with Gasteiger partial charge in [-0.3, -0.25) is 23.4 Å². The Morgan fingerprint density at radius 2 is 1.02 bits per heavy atom. The minimum Gasteiger partial charge on any atom is -0.480 e. The number of hydrogen-bond donors (Lipinski definition) is 4. The average Bonchev–Trinajstić information content (AvgIpc) is 3.25. The topological polar surface area (TPSA) is 192 Å². The number of unbranched alkanes of at least 4 members (excludes halogenated alkanes) is 20. The average molecular weight is 910 g/mol. The van der Waals surface area contributed by atoms with Gasteiger partial charge in [-0.25, -0.2) is 4.57 Å². The third-order valence-corrected chi connectivity index (χ3v) is 11.3. The standard InChI is InChI=1S/C50H88NO11P/c1-3-5-7-9-11-13-15-17-18-19-20-21-22-23-24-26-28-30-32-34-36-40-48(53)59-42-46(43-60-63(57,58)61-44-47(51)50(55)56)62-49(54)41-37-39-45(52)38-35-33-31-29-27-25-16-14-12-10-8-6-4-2/h6,8,12,14,25,27,31,33,35,38,45-47,52H,3-5,7,9-11,13,15-24,26,28-30,32,34,36-37,39-44,51H2,1-2H3,(H,55,56)(H,57,58)/b8-6-,14-12-,27-25-,33-31-,38-35+/t45?,46-,47+/m1/s1. The van der Waals surface area contributed by atoms with Gasteiger partial charge in [0.2, 0.25) is 0 Å². The Bertz CT molecular complexity index is 1310. The molecule has 0 saturated heterocycles. The van der Waals surface area contributed by atoms with Crippen LogP contribution in [-0.2, 0) is 37.5 Å². The molecular formula is C50H88NO11P. The van der Waals surface area contributed by atoms with Crippen LogP contribution in [0.2, 0.25) is 0 Å². The van der Waals surface area contributed by atoms with E-state index in [0.717, 1.165) is 44.9 Å². The predicted octanol–water partition coefficient (Wildman–Crippen LogP) is 12.5. The molecule has 0 rings (SSSR count). The second-order valence-corrected chi connectivity index (χ2v) is 17.9. The number of phosphoric acid groups is 1. The number of esters is 2. The highest BCUT2D eigenvalue weighted by Gasteiger charge is 2.28. The van der Waals surface area contributed by atoms with Crippen LogP contribution in [0.4, 0.5) is 0 Å². The molecule has 0 radical (unpaired) electrons. The summed E-state index contributed by atoms with van der Waals surface area (Å²) in [6, 6.07) is -1.55. The number of ether oxygens (including phenoxy) is 2. The Hall–Kier alpha value is -2.86.